The fourth-order valence-corrected chi connectivity index (χ4v) is 4.76. The van der Waals surface area contributed by atoms with Gasteiger partial charge in [0.1, 0.15) is 12.1 Å². The number of unbranched alkanes of at least 4 members (excludes halogenated alkanes) is 13. The third-order valence-corrected chi connectivity index (χ3v) is 7.59. The highest BCUT2D eigenvalue weighted by Gasteiger charge is 2.18. The first kappa shape index (κ1) is 43.1. The van der Waals surface area contributed by atoms with Gasteiger partial charge >= 0.3 is 11.9 Å². The van der Waals surface area contributed by atoms with E-state index >= 15 is 0 Å². The number of aliphatic hydroxyl groups excluding tert-OH is 1. The summed E-state index contributed by atoms with van der Waals surface area (Å²) in [4.78, 5) is 47.2. The number of aliphatic carboxylic acids is 1. The Morgan fingerprint density at radius 3 is 1.93 bits per heavy atom. The van der Waals surface area contributed by atoms with Crippen molar-refractivity contribution in [2.45, 2.75) is 161 Å². The minimum Gasteiger partial charge on any atom is -0.480 e. The SMILES string of the molecule is CCCC/C=C\C/C=C\C(CCCCCCC(=O)NCC(=O)NC(CO)C(=O)O)OC(=O)CCCCCCC/C=C\CCCCC. The van der Waals surface area contributed by atoms with Crippen LogP contribution in [0.3, 0.4) is 0 Å². The maximum atomic E-state index is 12.6. The third kappa shape index (κ3) is 28.5. The van der Waals surface area contributed by atoms with Gasteiger partial charge in [0.25, 0.3) is 0 Å². The number of amides is 2. The number of hydrogen-bond acceptors (Lipinski definition) is 6. The van der Waals surface area contributed by atoms with Crippen molar-refractivity contribution in [3.8, 4) is 0 Å². The highest BCUT2D eigenvalue weighted by Crippen LogP contribution is 2.14. The molecule has 0 saturated carbocycles. The summed E-state index contributed by atoms with van der Waals surface area (Å²) in [6.07, 6.45) is 33.3. The molecule has 2 unspecified atom stereocenters. The second-order valence-electron chi connectivity index (χ2n) is 11.9. The van der Waals surface area contributed by atoms with E-state index in [2.05, 4.69) is 54.9 Å². The van der Waals surface area contributed by atoms with Gasteiger partial charge in [0.05, 0.1) is 13.2 Å². The molecular weight excluding hydrogens is 584 g/mol. The molecule has 0 rings (SSSR count). The summed E-state index contributed by atoms with van der Waals surface area (Å²) in [6, 6.07) is -1.39. The summed E-state index contributed by atoms with van der Waals surface area (Å²) in [7, 11) is 0. The number of carboxylic acid groups (broad SMARTS) is 1. The molecular formula is C37H64N2O7. The van der Waals surface area contributed by atoms with E-state index in [0.29, 0.717) is 12.8 Å². The number of rotatable bonds is 31. The molecule has 0 heterocycles. The first-order chi connectivity index (χ1) is 22.3. The second-order valence-corrected chi connectivity index (χ2v) is 11.9. The Morgan fingerprint density at radius 2 is 1.26 bits per heavy atom. The minimum atomic E-state index is -1.39. The molecule has 0 fully saturated rings. The zero-order valence-corrected chi connectivity index (χ0v) is 28.8. The van der Waals surface area contributed by atoms with Crippen LogP contribution in [0.25, 0.3) is 0 Å². The van der Waals surface area contributed by atoms with Crippen LogP contribution in [0.5, 0.6) is 0 Å². The fourth-order valence-electron chi connectivity index (χ4n) is 4.76. The normalized spacial score (nSPS) is 12.9. The van der Waals surface area contributed by atoms with Crippen molar-refractivity contribution in [1.29, 1.82) is 0 Å². The Hall–Kier alpha value is -2.94. The lowest BCUT2D eigenvalue weighted by Gasteiger charge is -2.15. The van der Waals surface area contributed by atoms with E-state index in [1.807, 2.05) is 6.08 Å². The monoisotopic (exact) mass is 648 g/mol. The van der Waals surface area contributed by atoms with Crippen LogP contribution in [0.4, 0.5) is 0 Å². The van der Waals surface area contributed by atoms with Crippen molar-refractivity contribution >= 4 is 23.8 Å². The lowest BCUT2D eigenvalue weighted by Crippen LogP contribution is -2.47. The molecule has 0 spiro atoms. The number of ether oxygens (including phenoxy) is 1. The number of carbonyl (C=O) groups is 4. The standard InChI is InChI=1S/C37H64N2O7/c1-3-5-7-9-11-12-13-14-15-17-19-25-29-36(43)46-32(26-22-18-16-10-8-6-4-2)27-23-20-21-24-28-34(41)38-30-35(42)39-33(31-40)37(44)45/h10-12,16,22,26,32-33,40H,3-9,13-15,17-21,23-25,27-31H2,1-2H3,(H,38,41)(H,39,42)(H,44,45)/b12-11-,16-10-,26-22-. The van der Waals surface area contributed by atoms with Gasteiger partial charge in [-0.1, -0.05) is 102 Å². The van der Waals surface area contributed by atoms with Gasteiger partial charge in [-0.05, 0) is 70.3 Å². The number of hydrogen-bond donors (Lipinski definition) is 4. The number of carboxylic acids is 1. The molecule has 9 nitrogen and oxygen atoms in total. The summed E-state index contributed by atoms with van der Waals surface area (Å²) in [6.45, 7) is 3.34. The second kappa shape index (κ2) is 32.0. The van der Waals surface area contributed by atoms with E-state index in [1.165, 1.54) is 51.4 Å². The van der Waals surface area contributed by atoms with Crippen LogP contribution in [0.15, 0.2) is 36.5 Å². The lowest BCUT2D eigenvalue weighted by atomic mass is 10.1. The Morgan fingerprint density at radius 1 is 0.674 bits per heavy atom. The van der Waals surface area contributed by atoms with Crippen molar-refractivity contribution in [1.82, 2.24) is 10.6 Å². The summed E-state index contributed by atoms with van der Waals surface area (Å²) in [5.74, 6) is -2.44. The maximum Gasteiger partial charge on any atom is 0.328 e. The van der Waals surface area contributed by atoms with Crippen LogP contribution in [0.2, 0.25) is 0 Å². The van der Waals surface area contributed by atoms with Crippen LogP contribution >= 0.6 is 0 Å². The van der Waals surface area contributed by atoms with Gasteiger partial charge < -0.3 is 25.6 Å². The van der Waals surface area contributed by atoms with Crippen molar-refractivity contribution < 1.29 is 34.1 Å². The van der Waals surface area contributed by atoms with Crippen LogP contribution in [0.1, 0.15) is 149 Å². The molecule has 0 aromatic carbocycles. The maximum absolute atomic E-state index is 12.6. The van der Waals surface area contributed by atoms with E-state index in [-0.39, 0.29) is 30.9 Å². The molecule has 0 aliphatic heterocycles. The van der Waals surface area contributed by atoms with Crippen LogP contribution in [-0.2, 0) is 23.9 Å². The lowest BCUT2D eigenvalue weighted by molar-refractivity contribution is -0.147. The topological polar surface area (TPSA) is 142 Å². The van der Waals surface area contributed by atoms with Crippen LogP contribution in [0, 0.1) is 0 Å². The van der Waals surface area contributed by atoms with Gasteiger partial charge in [0.2, 0.25) is 11.8 Å². The van der Waals surface area contributed by atoms with E-state index in [4.69, 9.17) is 14.9 Å². The molecule has 0 aliphatic rings. The predicted molar refractivity (Wildman–Crippen MR) is 185 cm³/mol. The summed E-state index contributed by atoms with van der Waals surface area (Å²) in [5, 5.41) is 22.4. The van der Waals surface area contributed by atoms with Crippen molar-refractivity contribution in [3.05, 3.63) is 36.5 Å². The molecule has 46 heavy (non-hydrogen) atoms. The molecule has 0 bridgehead atoms. The molecule has 9 heteroatoms. The molecule has 0 aromatic heterocycles. The molecule has 2 atom stereocenters. The summed E-state index contributed by atoms with van der Waals surface area (Å²) < 4.78 is 5.83. The average Bonchev–Trinajstić information content (AvgIpc) is 3.03. The van der Waals surface area contributed by atoms with Gasteiger partial charge in [-0.2, -0.15) is 0 Å². The largest absolute Gasteiger partial charge is 0.480 e. The van der Waals surface area contributed by atoms with Gasteiger partial charge in [-0.15, -0.1) is 0 Å². The highest BCUT2D eigenvalue weighted by molar-refractivity contribution is 5.87. The van der Waals surface area contributed by atoms with Gasteiger partial charge in [0.15, 0.2) is 0 Å². The molecule has 2 amide bonds. The van der Waals surface area contributed by atoms with E-state index in [1.54, 1.807) is 0 Å². The Bertz CT molecular complexity index is 885. The number of nitrogens with one attached hydrogen (secondary N) is 2. The molecule has 0 aromatic rings. The van der Waals surface area contributed by atoms with Crippen molar-refractivity contribution in [3.63, 3.8) is 0 Å². The zero-order valence-electron chi connectivity index (χ0n) is 28.8. The number of esters is 1. The van der Waals surface area contributed by atoms with Gasteiger partial charge in [0, 0.05) is 12.8 Å². The fraction of sp³-hybridized carbons (Fsp3) is 0.730. The van der Waals surface area contributed by atoms with E-state index in [9.17, 15) is 19.2 Å². The summed E-state index contributed by atoms with van der Waals surface area (Å²) >= 11 is 0. The number of aliphatic hydroxyl groups is 1. The van der Waals surface area contributed by atoms with Crippen LogP contribution < -0.4 is 10.6 Å². The quantitative estimate of drug-likeness (QED) is 0.0347. The number of allylic oxidation sites excluding steroid dienone is 5. The van der Waals surface area contributed by atoms with Crippen molar-refractivity contribution in [2.75, 3.05) is 13.2 Å². The Labute approximate surface area is 278 Å². The molecule has 0 radical (unpaired) electrons. The minimum absolute atomic E-state index is 0.141. The summed E-state index contributed by atoms with van der Waals surface area (Å²) in [5.41, 5.74) is 0. The van der Waals surface area contributed by atoms with Crippen molar-refractivity contribution in [2.24, 2.45) is 0 Å². The Kier molecular flexibility index (Phi) is 30.0. The average molecular weight is 649 g/mol. The Balaban J connectivity index is 4.33. The first-order valence-electron chi connectivity index (χ1n) is 17.9. The van der Waals surface area contributed by atoms with E-state index < -0.39 is 24.5 Å². The first-order valence-corrected chi connectivity index (χ1v) is 17.9. The molecule has 0 saturated heterocycles. The molecule has 0 aliphatic carbocycles. The molecule has 4 N–H and O–H groups in total. The third-order valence-electron chi connectivity index (χ3n) is 7.59. The number of carbonyl (C=O) groups excluding carboxylic acids is 3. The van der Waals surface area contributed by atoms with E-state index in [0.717, 1.165) is 64.2 Å². The molecule has 264 valence electrons. The highest BCUT2D eigenvalue weighted by atomic mass is 16.5. The predicted octanol–water partition coefficient (Wildman–Crippen LogP) is 7.48. The smallest absolute Gasteiger partial charge is 0.328 e. The van der Waals surface area contributed by atoms with Gasteiger partial charge in [-0.25, -0.2) is 4.79 Å². The van der Waals surface area contributed by atoms with Gasteiger partial charge in [-0.3, -0.25) is 14.4 Å². The zero-order chi connectivity index (χ0) is 34.1. The van der Waals surface area contributed by atoms with Crippen LogP contribution in [-0.4, -0.2) is 59.3 Å².